The second kappa shape index (κ2) is 15.1. The molecule has 1 heterocycles. The van der Waals surface area contributed by atoms with Gasteiger partial charge in [0.2, 0.25) is 0 Å². The number of carbonyl (C=O) groups is 2. The minimum absolute atomic E-state index is 0. The van der Waals surface area contributed by atoms with E-state index in [1.54, 1.807) is 6.92 Å². The summed E-state index contributed by atoms with van der Waals surface area (Å²) in [5, 5.41) is 3.80. The molecule has 0 bridgehead atoms. The Morgan fingerprint density at radius 1 is 0.943 bits per heavy atom. The molecule has 0 amide bonds. The molecule has 5 N–H and O–H groups in total. The smallest absolute Gasteiger partial charge is 1.00 e. The van der Waals surface area contributed by atoms with Crippen LogP contribution in [0.2, 0.25) is 0 Å². The van der Waals surface area contributed by atoms with Crippen LogP contribution in [0.1, 0.15) is 53.0 Å². The second-order valence-corrected chi connectivity index (χ2v) is 9.51. The number of rotatable bonds is 9. The summed E-state index contributed by atoms with van der Waals surface area (Å²) in [4.78, 5) is 26.0. The zero-order valence-electron chi connectivity index (χ0n) is 22.8. The Labute approximate surface area is 241 Å². The van der Waals surface area contributed by atoms with Crippen molar-refractivity contribution in [3.63, 3.8) is 0 Å². The van der Waals surface area contributed by atoms with Gasteiger partial charge in [0.05, 0.1) is 5.41 Å². The number of ketones is 1. The van der Waals surface area contributed by atoms with Gasteiger partial charge in [0.1, 0.15) is 0 Å². The number of nitrogens with one attached hydrogen (secondary N) is 1. The number of hydrogen-bond donors (Lipinski definition) is 1. The summed E-state index contributed by atoms with van der Waals surface area (Å²) in [5.41, 5.74) is 1.65. The largest absolute Gasteiger partial charge is 2.00 e. The number of ether oxygens (including phenoxy) is 1. The summed E-state index contributed by atoms with van der Waals surface area (Å²) in [6, 6.07) is 20.7. The maximum absolute atomic E-state index is 14.0. The molecule has 0 aromatic heterocycles. The summed E-state index contributed by atoms with van der Waals surface area (Å²) < 4.78 is 5.41. The van der Waals surface area contributed by atoms with E-state index in [0.29, 0.717) is 24.7 Å². The van der Waals surface area contributed by atoms with Crippen molar-refractivity contribution in [2.45, 2.75) is 57.9 Å². The summed E-state index contributed by atoms with van der Waals surface area (Å²) in [6.07, 6.45) is 6.48. The number of hydrogen-bond acceptors (Lipinski definition) is 4. The van der Waals surface area contributed by atoms with Crippen LogP contribution in [0.25, 0.3) is 0 Å². The van der Waals surface area contributed by atoms with E-state index in [-0.39, 0.29) is 82.4 Å². The Balaban J connectivity index is 0. The van der Waals surface area contributed by atoms with Crippen LogP contribution in [0.3, 0.4) is 0 Å². The second-order valence-electron chi connectivity index (χ2n) is 9.51. The van der Waals surface area contributed by atoms with Crippen LogP contribution in [0, 0.1) is 17.3 Å². The third-order valence-electron chi connectivity index (χ3n) is 7.52. The maximum atomic E-state index is 14.0. The molecule has 1 aliphatic heterocycles. The fourth-order valence-electron chi connectivity index (χ4n) is 5.93. The van der Waals surface area contributed by atoms with Crippen molar-refractivity contribution in [2.24, 2.45) is 17.3 Å². The van der Waals surface area contributed by atoms with Gasteiger partial charge in [0.15, 0.2) is 12.4 Å². The van der Waals surface area contributed by atoms with Crippen LogP contribution in [0.15, 0.2) is 60.7 Å². The first-order chi connectivity index (χ1) is 15.6. The van der Waals surface area contributed by atoms with Crippen molar-refractivity contribution in [1.29, 1.82) is 0 Å². The van der Waals surface area contributed by atoms with Crippen molar-refractivity contribution >= 4 is 49.5 Å². The molecule has 1 saturated heterocycles. The van der Waals surface area contributed by atoms with Gasteiger partial charge in [0.25, 0.3) is 0 Å². The average molecular weight is 512 g/mol. The van der Waals surface area contributed by atoms with E-state index >= 15 is 0 Å². The van der Waals surface area contributed by atoms with E-state index < -0.39 is 5.41 Å². The molecule has 3 atom stereocenters. The zero-order chi connectivity index (χ0) is 22.4. The van der Waals surface area contributed by atoms with Crippen LogP contribution in [-0.4, -0.2) is 79.6 Å². The molecule has 6 nitrogen and oxygen atoms in total. The van der Waals surface area contributed by atoms with Gasteiger partial charge >= 0.3 is 43.7 Å². The van der Waals surface area contributed by atoms with Crippen molar-refractivity contribution in [3.05, 3.63) is 71.8 Å². The molecule has 2 aromatic carbocycles. The van der Waals surface area contributed by atoms with Crippen LogP contribution < -0.4 is 5.32 Å². The molecule has 190 valence electrons. The minimum atomic E-state index is -0.659. The van der Waals surface area contributed by atoms with Crippen LogP contribution in [0.5, 0.6) is 0 Å². The van der Waals surface area contributed by atoms with Gasteiger partial charge in [-0.1, -0.05) is 80.4 Å². The SMILES string of the molecule is CCC(=O)OCC(=O)C(Cc1ccccc1)(Cc1ccccc1)C1NCC2CCCCC21.O.O.[Ca+2].[H-].[H-]. The molecule has 35 heavy (non-hydrogen) atoms. The van der Waals surface area contributed by atoms with E-state index in [1.807, 2.05) is 36.4 Å². The predicted octanol–water partition coefficient (Wildman–Crippen LogP) is 2.95. The molecule has 1 aliphatic carbocycles. The van der Waals surface area contributed by atoms with E-state index in [9.17, 15) is 9.59 Å². The molecule has 7 heteroatoms. The molecule has 2 aromatic rings. The summed E-state index contributed by atoms with van der Waals surface area (Å²) in [5.74, 6) is 0.838. The Bertz CT molecular complexity index is 878. The van der Waals surface area contributed by atoms with E-state index in [1.165, 1.54) is 19.3 Å². The van der Waals surface area contributed by atoms with E-state index in [4.69, 9.17) is 4.74 Å². The number of carbonyl (C=O) groups excluding carboxylic acids is 2. The molecular formula is C28H41CaNO5. The van der Waals surface area contributed by atoms with Gasteiger partial charge in [-0.05, 0) is 55.2 Å². The van der Waals surface area contributed by atoms with Gasteiger partial charge in [-0.25, -0.2) is 0 Å². The third kappa shape index (κ3) is 7.60. The van der Waals surface area contributed by atoms with Crippen molar-refractivity contribution in [3.8, 4) is 0 Å². The minimum Gasteiger partial charge on any atom is -1.00 e. The first-order valence-electron chi connectivity index (χ1n) is 12.1. The molecule has 4 rings (SSSR count). The maximum Gasteiger partial charge on any atom is 2.00 e. The van der Waals surface area contributed by atoms with Gasteiger partial charge in [-0.2, -0.15) is 0 Å². The summed E-state index contributed by atoms with van der Waals surface area (Å²) in [6.45, 7) is 2.59. The monoisotopic (exact) mass is 511 g/mol. The quantitative estimate of drug-likeness (QED) is 0.411. The first-order valence-corrected chi connectivity index (χ1v) is 12.1. The normalized spacial score (nSPS) is 20.9. The predicted molar refractivity (Wildman–Crippen MR) is 141 cm³/mol. The fraction of sp³-hybridized carbons (Fsp3) is 0.500. The number of Topliss-reactive ketones (excluding diaryl/α,β-unsaturated/α-hetero) is 1. The van der Waals surface area contributed by atoms with Crippen molar-refractivity contribution < 1.29 is 28.1 Å². The van der Waals surface area contributed by atoms with Crippen LogP contribution >= 0.6 is 0 Å². The van der Waals surface area contributed by atoms with Crippen molar-refractivity contribution in [1.82, 2.24) is 5.32 Å². The third-order valence-corrected chi connectivity index (χ3v) is 7.52. The average Bonchev–Trinajstić information content (AvgIpc) is 3.28. The molecule has 2 aliphatic rings. The Kier molecular flexibility index (Phi) is 13.7. The van der Waals surface area contributed by atoms with Crippen LogP contribution in [0.4, 0.5) is 0 Å². The Morgan fingerprint density at radius 3 is 2.03 bits per heavy atom. The first kappa shape index (κ1) is 31.7. The molecule has 2 fully saturated rings. The molecule has 0 radical (unpaired) electrons. The summed E-state index contributed by atoms with van der Waals surface area (Å²) >= 11 is 0. The van der Waals surface area contributed by atoms with Gasteiger partial charge in [-0.15, -0.1) is 0 Å². The van der Waals surface area contributed by atoms with Gasteiger partial charge in [-0.3, -0.25) is 9.59 Å². The molecule has 3 unspecified atom stereocenters. The molecular weight excluding hydrogens is 470 g/mol. The van der Waals surface area contributed by atoms with E-state index in [0.717, 1.165) is 24.1 Å². The van der Waals surface area contributed by atoms with Gasteiger partial charge in [0, 0.05) is 12.5 Å². The fourth-order valence-corrected chi connectivity index (χ4v) is 5.93. The summed E-state index contributed by atoms with van der Waals surface area (Å²) in [7, 11) is 0. The van der Waals surface area contributed by atoms with E-state index in [2.05, 4.69) is 29.6 Å². The number of fused-ring (bicyclic) bond motifs is 1. The topological polar surface area (TPSA) is 118 Å². The number of benzene rings is 2. The zero-order valence-corrected chi connectivity index (χ0v) is 23.0. The van der Waals surface area contributed by atoms with Crippen molar-refractivity contribution in [2.75, 3.05) is 13.2 Å². The standard InChI is InChI=1S/C28H35NO3.Ca.2H2O.2H/c1-2-26(31)32-20-25(30)28(17-21-11-5-3-6-12-21,18-22-13-7-4-8-14-22)27-24-16-10-9-15-23(24)19-29-27;;;;;/h3-8,11-14,23-24,27,29H,2,9-10,15-20H2,1H3;;2*1H2;;/q;+2;;;2*-1. The Morgan fingerprint density at radius 2 is 1.49 bits per heavy atom. The van der Waals surface area contributed by atoms with Crippen LogP contribution in [-0.2, 0) is 27.2 Å². The molecule has 0 spiro atoms. The number of esters is 1. The molecule has 1 saturated carbocycles. The Hall–Kier alpha value is -1.28. The van der Waals surface area contributed by atoms with Gasteiger partial charge < -0.3 is 23.9 Å².